The summed E-state index contributed by atoms with van der Waals surface area (Å²) in [5.74, 6) is 0.620. The van der Waals surface area contributed by atoms with E-state index in [-0.39, 0.29) is 18.3 Å². The Kier molecular flexibility index (Phi) is 6.39. The number of carbonyl (C=O) groups excluding carboxylic acids is 1. The molecule has 4 heterocycles. The minimum Gasteiger partial charge on any atom is -0.480 e. The number of anilines is 1. The molecule has 0 bridgehead atoms. The lowest BCUT2D eigenvalue weighted by atomic mass is 9.94. The maximum Gasteiger partial charge on any atom is 0.263 e. The highest BCUT2D eigenvalue weighted by molar-refractivity contribution is 6.32. The van der Waals surface area contributed by atoms with Gasteiger partial charge >= 0.3 is 0 Å². The molecule has 3 aromatic rings. The average molecular weight is 470 g/mol. The summed E-state index contributed by atoms with van der Waals surface area (Å²) in [4.78, 5) is 20.3. The summed E-state index contributed by atoms with van der Waals surface area (Å²) in [6, 6.07) is 9.10. The SMILES string of the molecule is O=C1COc2ccc(CN[C@H]3CC[C@@H](CCc4c(Cl)cnc5ccc(F)cc45)NC3)nc2N1. The van der Waals surface area contributed by atoms with Gasteiger partial charge in [0.15, 0.2) is 18.2 Å². The molecule has 0 radical (unpaired) electrons. The van der Waals surface area contributed by atoms with Crippen LogP contribution in [0.5, 0.6) is 5.75 Å². The van der Waals surface area contributed by atoms with Crippen molar-refractivity contribution in [3.05, 3.63) is 58.6 Å². The van der Waals surface area contributed by atoms with Crippen molar-refractivity contribution in [2.75, 3.05) is 18.5 Å². The Morgan fingerprint density at radius 1 is 1.24 bits per heavy atom. The number of rotatable bonds is 6. The smallest absolute Gasteiger partial charge is 0.263 e. The zero-order chi connectivity index (χ0) is 22.8. The normalized spacial score (nSPS) is 20.2. The fourth-order valence-electron chi connectivity index (χ4n) is 4.46. The van der Waals surface area contributed by atoms with Gasteiger partial charge in [0.2, 0.25) is 0 Å². The van der Waals surface area contributed by atoms with E-state index in [2.05, 4.69) is 25.9 Å². The van der Waals surface area contributed by atoms with Crippen molar-refractivity contribution in [1.29, 1.82) is 0 Å². The van der Waals surface area contributed by atoms with Crippen LogP contribution in [0.4, 0.5) is 10.2 Å². The molecule has 1 fully saturated rings. The standard InChI is InChI=1S/C24H25ClFN5O2/c25-20-12-29-21-7-1-14(26)9-19(21)18(20)6-4-15-2-3-16(10-27-15)28-11-17-5-8-22-24(30-17)31-23(32)13-33-22/h1,5,7-9,12,15-16,27-28H,2-4,6,10-11,13H2,(H,30,31,32)/t15-,16-/m0/s1. The molecule has 7 nitrogen and oxygen atoms in total. The van der Waals surface area contributed by atoms with Gasteiger partial charge in [-0.05, 0) is 61.6 Å². The molecule has 33 heavy (non-hydrogen) atoms. The Hall–Kier alpha value is -2.81. The topological polar surface area (TPSA) is 88.2 Å². The van der Waals surface area contributed by atoms with Gasteiger partial charge in [-0.3, -0.25) is 9.78 Å². The number of nitrogens with one attached hydrogen (secondary N) is 3. The third-order valence-electron chi connectivity index (χ3n) is 6.25. The van der Waals surface area contributed by atoms with Crippen LogP contribution in [-0.4, -0.2) is 41.1 Å². The van der Waals surface area contributed by atoms with Crippen molar-refractivity contribution in [3.8, 4) is 5.75 Å². The van der Waals surface area contributed by atoms with Gasteiger partial charge in [0.25, 0.3) is 5.91 Å². The molecule has 1 aromatic carbocycles. The van der Waals surface area contributed by atoms with E-state index >= 15 is 0 Å². The summed E-state index contributed by atoms with van der Waals surface area (Å²) >= 11 is 6.40. The van der Waals surface area contributed by atoms with Crippen LogP contribution < -0.4 is 20.7 Å². The highest BCUT2D eigenvalue weighted by atomic mass is 35.5. The predicted octanol–water partition coefficient (Wildman–Crippen LogP) is 3.60. The van der Waals surface area contributed by atoms with Gasteiger partial charge in [0, 0.05) is 36.8 Å². The fraction of sp³-hybridized carbons (Fsp3) is 0.375. The number of nitrogens with zero attached hydrogens (tertiary/aromatic N) is 2. The maximum atomic E-state index is 13.8. The van der Waals surface area contributed by atoms with Gasteiger partial charge in [-0.2, -0.15) is 0 Å². The zero-order valence-electron chi connectivity index (χ0n) is 18.0. The summed E-state index contributed by atoms with van der Waals surface area (Å²) in [6.45, 7) is 1.50. The number of ether oxygens (including phenoxy) is 1. The van der Waals surface area contributed by atoms with Crippen molar-refractivity contribution in [2.45, 2.75) is 44.3 Å². The molecule has 0 aliphatic carbocycles. The molecule has 3 N–H and O–H groups in total. The van der Waals surface area contributed by atoms with E-state index in [1.54, 1.807) is 12.3 Å². The van der Waals surface area contributed by atoms with Gasteiger partial charge < -0.3 is 20.7 Å². The average Bonchev–Trinajstić information content (AvgIpc) is 2.82. The first-order chi connectivity index (χ1) is 16.0. The van der Waals surface area contributed by atoms with Gasteiger partial charge in [-0.15, -0.1) is 0 Å². The summed E-state index contributed by atoms with van der Waals surface area (Å²) in [6.07, 6.45) is 5.42. The fourth-order valence-corrected chi connectivity index (χ4v) is 4.70. The molecular formula is C24H25ClFN5O2. The molecule has 2 aliphatic heterocycles. The summed E-state index contributed by atoms with van der Waals surface area (Å²) in [5, 5.41) is 11.3. The number of carbonyl (C=O) groups is 1. The number of pyridine rings is 2. The number of aryl methyl sites for hydroxylation is 1. The Bertz CT molecular complexity index is 1180. The molecule has 0 saturated carbocycles. The number of hydrogen-bond donors (Lipinski definition) is 3. The van der Waals surface area contributed by atoms with Crippen LogP contribution in [0.3, 0.4) is 0 Å². The second-order valence-electron chi connectivity index (χ2n) is 8.53. The highest BCUT2D eigenvalue weighted by Gasteiger charge is 2.22. The molecule has 1 saturated heterocycles. The summed E-state index contributed by atoms with van der Waals surface area (Å²) in [7, 11) is 0. The van der Waals surface area contributed by atoms with Crippen molar-refractivity contribution in [1.82, 2.24) is 20.6 Å². The number of piperidine rings is 1. The second-order valence-corrected chi connectivity index (χ2v) is 8.94. The number of hydrogen-bond acceptors (Lipinski definition) is 6. The number of amides is 1. The van der Waals surface area contributed by atoms with Crippen molar-refractivity contribution in [3.63, 3.8) is 0 Å². The first kappa shape index (κ1) is 22.0. The van der Waals surface area contributed by atoms with E-state index in [1.807, 2.05) is 12.1 Å². The summed E-state index contributed by atoms with van der Waals surface area (Å²) < 4.78 is 19.1. The van der Waals surface area contributed by atoms with Gasteiger partial charge in [0.05, 0.1) is 16.2 Å². The quantitative estimate of drug-likeness (QED) is 0.511. The van der Waals surface area contributed by atoms with E-state index in [9.17, 15) is 9.18 Å². The second kappa shape index (κ2) is 9.59. The number of benzene rings is 1. The lowest BCUT2D eigenvalue weighted by molar-refractivity contribution is -0.118. The minimum absolute atomic E-state index is 0.0294. The molecule has 172 valence electrons. The van der Waals surface area contributed by atoms with Crippen molar-refractivity contribution < 1.29 is 13.9 Å². The molecular weight excluding hydrogens is 445 g/mol. The van der Waals surface area contributed by atoms with Crippen molar-refractivity contribution in [2.24, 2.45) is 0 Å². The first-order valence-corrected chi connectivity index (χ1v) is 11.5. The Labute approximate surface area is 196 Å². The largest absolute Gasteiger partial charge is 0.480 e. The van der Waals surface area contributed by atoms with Crippen LogP contribution >= 0.6 is 11.6 Å². The molecule has 1 amide bonds. The zero-order valence-corrected chi connectivity index (χ0v) is 18.8. The molecule has 9 heteroatoms. The third-order valence-corrected chi connectivity index (χ3v) is 6.58. The monoisotopic (exact) mass is 469 g/mol. The summed E-state index contributed by atoms with van der Waals surface area (Å²) in [5.41, 5.74) is 2.57. The minimum atomic E-state index is -0.277. The Morgan fingerprint density at radius 3 is 3.00 bits per heavy atom. The lowest BCUT2D eigenvalue weighted by Crippen LogP contribution is -2.47. The number of halogens is 2. The molecule has 2 atom stereocenters. The van der Waals surface area contributed by atoms with Gasteiger partial charge in [-0.25, -0.2) is 9.37 Å². The molecule has 0 spiro atoms. The van der Waals surface area contributed by atoms with Crippen LogP contribution in [0.25, 0.3) is 10.9 Å². The van der Waals surface area contributed by atoms with Crippen LogP contribution in [0.1, 0.15) is 30.5 Å². The van der Waals surface area contributed by atoms with E-state index in [4.69, 9.17) is 16.3 Å². The van der Waals surface area contributed by atoms with Gasteiger partial charge in [0.1, 0.15) is 5.82 Å². The Morgan fingerprint density at radius 2 is 2.15 bits per heavy atom. The van der Waals surface area contributed by atoms with E-state index < -0.39 is 0 Å². The molecule has 0 unspecified atom stereocenters. The van der Waals surface area contributed by atoms with E-state index in [0.717, 1.165) is 54.4 Å². The van der Waals surface area contributed by atoms with E-state index in [1.165, 1.54) is 12.1 Å². The predicted molar refractivity (Wildman–Crippen MR) is 125 cm³/mol. The van der Waals surface area contributed by atoms with Crippen LogP contribution in [0.2, 0.25) is 5.02 Å². The Balaban J connectivity index is 1.12. The van der Waals surface area contributed by atoms with Gasteiger partial charge in [-0.1, -0.05) is 11.6 Å². The number of fused-ring (bicyclic) bond motifs is 2. The van der Waals surface area contributed by atoms with Crippen LogP contribution in [0, 0.1) is 5.82 Å². The van der Waals surface area contributed by atoms with Crippen molar-refractivity contribution >= 4 is 34.2 Å². The lowest BCUT2D eigenvalue weighted by Gasteiger charge is -2.31. The molecule has 5 rings (SSSR count). The highest BCUT2D eigenvalue weighted by Crippen LogP contribution is 2.28. The maximum absolute atomic E-state index is 13.8. The molecule has 2 aliphatic rings. The van der Waals surface area contributed by atoms with Crippen LogP contribution in [-0.2, 0) is 17.8 Å². The molecule has 2 aromatic heterocycles. The first-order valence-electron chi connectivity index (χ1n) is 11.2. The number of aromatic nitrogens is 2. The van der Waals surface area contributed by atoms with Crippen LogP contribution in [0.15, 0.2) is 36.5 Å². The third kappa shape index (κ3) is 5.08. The van der Waals surface area contributed by atoms with E-state index in [0.29, 0.717) is 35.2 Å².